The van der Waals surface area contributed by atoms with E-state index in [1.54, 1.807) is 42.5 Å². The van der Waals surface area contributed by atoms with Gasteiger partial charge in [0.25, 0.3) is 0 Å². The van der Waals surface area contributed by atoms with Gasteiger partial charge in [0, 0.05) is 6.42 Å². The number of para-hydroxylation sites is 1. The third-order valence-electron chi connectivity index (χ3n) is 3.82. The van der Waals surface area contributed by atoms with E-state index in [0.29, 0.717) is 41.6 Å². The van der Waals surface area contributed by atoms with Crippen LogP contribution in [0.4, 0.5) is 0 Å². The van der Waals surface area contributed by atoms with E-state index in [0.717, 1.165) is 6.42 Å². The largest absolute Gasteiger partial charge is 0.490 e. The van der Waals surface area contributed by atoms with Crippen molar-refractivity contribution in [3.63, 3.8) is 0 Å². The molecule has 0 aromatic heterocycles. The molecule has 6 heteroatoms. The number of Topliss-reactive ketones (excluding diaryl/α,β-unsaturated/α-hetero) is 1. The lowest BCUT2D eigenvalue weighted by Crippen LogP contribution is -2.13. The average molecular weight is 356 g/mol. The summed E-state index contributed by atoms with van der Waals surface area (Å²) in [6.45, 7) is 2.84. The van der Waals surface area contributed by atoms with Crippen LogP contribution in [-0.2, 0) is 4.74 Å². The molecule has 0 aliphatic carbocycles. The quantitative estimate of drug-likeness (QED) is 0.449. The van der Waals surface area contributed by atoms with Crippen LogP contribution in [0.3, 0.4) is 0 Å². The molecule has 0 bridgehead atoms. The maximum Gasteiger partial charge on any atom is 0.338 e. The number of esters is 1. The Labute approximate surface area is 151 Å². The number of ketones is 1. The molecule has 1 aliphatic rings. The molecule has 0 radical (unpaired) electrons. The average Bonchev–Trinajstić information content (AvgIpc) is 2.90. The molecular weight excluding hydrogens is 336 g/mol. The van der Waals surface area contributed by atoms with E-state index in [1.807, 2.05) is 0 Å². The van der Waals surface area contributed by atoms with E-state index >= 15 is 0 Å². The predicted octanol–water partition coefficient (Wildman–Crippen LogP) is 3.29. The van der Waals surface area contributed by atoms with Gasteiger partial charge in [0.05, 0.1) is 24.3 Å². The Bertz CT molecular complexity index is 799. The lowest BCUT2D eigenvalue weighted by Gasteiger charge is -2.11. The van der Waals surface area contributed by atoms with Crippen molar-refractivity contribution in [2.24, 2.45) is 0 Å². The van der Waals surface area contributed by atoms with Gasteiger partial charge in [-0.3, -0.25) is 4.79 Å². The summed E-state index contributed by atoms with van der Waals surface area (Å²) in [6.07, 6.45) is 0.799. The molecule has 0 unspecified atom stereocenters. The standard InChI is InChI=1S/C20H20O6/c1-14(21)16-5-2-3-6-17(16)25-11-12-26-20(22)15-7-8-18-19(13-15)24-10-4-9-23-18/h2-3,5-8,13H,4,9-12H2,1H3. The van der Waals surface area contributed by atoms with Gasteiger partial charge in [-0.1, -0.05) is 12.1 Å². The zero-order chi connectivity index (χ0) is 18.4. The van der Waals surface area contributed by atoms with Gasteiger partial charge in [0.2, 0.25) is 0 Å². The fourth-order valence-electron chi connectivity index (χ4n) is 2.54. The zero-order valence-electron chi connectivity index (χ0n) is 14.5. The first kappa shape index (κ1) is 17.8. The summed E-state index contributed by atoms with van der Waals surface area (Å²) in [4.78, 5) is 23.7. The Morgan fingerprint density at radius 1 is 1.00 bits per heavy atom. The molecular formula is C20H20O6. The molecule has 0 spiro atoms. The zero-order valence-corrected chi connectivity index (χ0v) is 14.5. The number of hydrogen-bond acceptors (Lipinski definition) is 6. The minimum atomic E-state index is -0.468. The molecule has 26 heavy (non-hydrogen) atoms. The molecule has 0 saturated carbocycles. The van der Waals surface area contributed by atoms with Crippen molar-refractivity contribution >= 4 is 11.8 Å². The summed E-state index contributed by atoms with van der Waals surface area (Å²) in [6, 6.07) is 11.9. The minimum Gasteiger partial charge on any atom is -0.490 e. The van der Waals surface area contributed by atoms with E-state index in [2.05, 4.69) is 0 Å². The smallest absolute Gasteiger partial charge is 0.338 e. The number of carbonyl (C=O) groups is 2. The predicted molar refractivity (Wildman–Crippen MR) is 94.3 cm³/mol. The molecule has 3 rings (SSSR count). The van der Waals surface area contributed by atoms with Crippen molar-refractivity contribution in [3.05, 3.63) is 53.6 Å². The first-order valence-electron chi connectivity index (χ1n) is 8.44. The van der Waals surface area contributed by atoms with E-state index < -0.39 is 5.97 Å². The van der Waals surface area contributed by atoms with Gasteiger partial charge in [-0.05, 0) is 37.3 Å². The van der Waals surface area contributed by atoms with Gasteiger partial charge in [-0.15, -0.1) is 0 Å². The third kappa shape index (κ3) is 4.33. The molecule has 0 amide bonds. The topological polar surface area (TPSA) is 71.1 Å². The molecule has 2 aromatic rings. The summed E-state index contributed by atoms with van der Waals surface area (Å²) >= 11 is 0. The number of fused-ring (bicyclic) bond motifs is 1. The van der Waals surface area contributed by atoms with Crippen LogP contribution in [0.2, 0.25) is 0 Å². The number of rotatable bonds is 6. The summed E-state index contributed by atoms with van der Waals surface area (Å²) in [7, 11) is 0. The Balaban J connectivity index is 1.53. The summed E-state index contributed by atoms with van der Waals surface area (Å²) < 4.78 is 21.9. The summed E-state index contributed by atoms with van der Waals surface area (Å²) in [5.74, 6) is 1.10. The van der Waals surface area contributed by atoms with Crippen molar-refractivity contribution in [2.45, 2.75) is 13.3 Å². The highest BCUT2D eigenvalue weighted by atomic mass is 16.6. The van der Waals surface area contributed by atoms with Crippen LogP contribution in [0.25, 0.3) is 0 Å². The summed E-state index contributed by atoms with van der Waals surface area (Å²) in [5.41, 5.74) is 0.889. The van der Waals surface area contributed by atoms with Crippen LogP contribution in [0.15, 0.2) is 42.5 Å². The lowest BCUT2D eigenvalue weighted by atomic mass is 10.1. The fourth-order valence-corrected chi connectivity index (χ4v) is 2.54. The van der Waals surface area contributed by atoms with Crippen LogP contribution in [0.1, 0.15) is 34.1 Å². The minimum absolute atomic E-state index is 0.0690. The van der Waals surface area contributed by atoms with Gasteiger partial charge in [0.15, 0.2) is 17.3 Å². The van der Waals surface area contributed by atoms with Gasteiger partial charge in [0.1, 0.15) is 19.0 Å². The number of ether oxygens (including phenoxy) is 4. The Morgan fingerprint density at radius 3 is 2.58 bits per heavy atom. The van der Waals surface area contributed by atoms with E-state index in [-0.39, 0.29) is 19.0 Å². The van der Waals surface area contributed by atoms with Crippen LogP contribution in [-0.4, -0.2) is 38.2 Å². The van der Waals surface area contributed by atoms with Crippen molar-refractivity contribution in [3.8, 4) is 17.2 Å². The summed E-state index contributed by atoms with van der Waals surface area (Å²) in [5, 5.41) is 0. The second-order valence-corrected chi connectivity index (χ2v) is 5.75. The van der Waals surface area contributed by atoms with E-state index in [9.17, 15) is 9.59 Å². The van der Waals surface area contributed by atoms with Gasteiger partial charge >= 0.3 is 5.97 Å². The third-order valence-corrected chi connectivity index (χ3v) is 3.82. The van der Waals surface area contributed by atoms with Gasteiger partial charge in [-0.25, -0.2) is 4.79 Å². The van der Waals surface area contributed by atoms with Crippen LogP contribution >= 0.6 is 0 Å². The molecule has 2 aromatic carbocycles. The molecule has 0 fully saturated rings. The number of benzene rings is 2. The molecule has 1 aliphatic heterocycles. The van der Waals surface area contributed by atoms with Gasteiger partial charge in [-0.2, -0.15) is 0 Å². The van der Waals surface area contributed by atoms with E-state index in [1.165, 1.54) is 6.92 Å². The van der Waals surface area contributed by atoms with Crippen LogP contribution in [0, 0.1) is 0 Å². The normalized spacial score (nSPS) is 12.8. The highest BCUT2D eigenvalue weighted by molar-refractivity contribution is 5.96. The first-order chi connectivity index (χ1) is 12.6. The van der Waals surface area contributed by atoms with Crippen molar-refractivity contribution in [1.82, 2.24) is 0 Å². The highest BCUT2D eigenvalue weighted by Crippen LogP contribution is 2.30. The van der Waals surface area contributed by atoms with E-state index in [4.69, 9.17) is 18.9 Å². The Kier molecular flexibility index (Phi) is 5.73. The molecule has 136 valence electrons. The second kappa shape index (κ2) is 8.38. The first-order valence-corrected chi connectivity index (χ1v) is 8.44. The maximum atomic E-state index is 12.2. The van der Waals surface area contributed by atoms with Crippen molar-refractivity contribution in [2.75, 3.05) is 26.4 Å². The molecule has 1 heterocycles. The lowest BCUT2D eigenvalue weighted by molar-refractivity contribution is 0.0448. The SMILES string of the molecule is CC(=O)c1ccccc1OCCOC(=O)c1ccc2c(c1)OCCCO2. The fraction of sp³-hybridized carbons (Fsp3) is 0.300. The monoisotopic (exact) mass is 356 g/mol. The number of carbonyl (C=O) groups excluding carboxylic acids is 2. The second-order valence-electron chi connectivity index (χ2n) is 5.75. The Hall–Kier alpha value is -3.02. The molecule has 0 N–H and O–H groups in total. The van der Waals surface area contributed by atoms with Crippen LogP contribution < -0.4 is 14.2 Å². The maximum absolute atomic E-state index is 12.2. The molecule has 6 nitrogen and oxygen atoms in total. The van der Waals surface area contributed by atoms with Gasteiger partial charge < -0.3 is 18.9 Å². The molecule has 0 atom stereocenters. The Morgan fingerprint density at radius 2 is 1.77 bits per heavy atom. The van der Waals surface area contributed by atoms with Crippen LogP contribution in [0.5, 0.6) is 17.2 Å². The molecule has 0 saturated heterocycles. The highest BCUT2D eigenvalue weighted by Gasteiger charge is 2.15. The van der Waals surface area contributed by atoms with Crippen molar-refractivity contribution < 1.29 is 28.5 Å². The number of hydrogen-bond donors (Lipinski definition) is 0. The van der Waals surface area contributed by atoms with Crippen molar-refractivity contribution in [1.29, 1.82) is 0 Å².